The molecule has 9 nitrogen and oxygen atoms in total. The van der Waals surface area contributed by atoms with E-state index in [4.69, 9.17) is 4.74 Å². The van der Waals surface area contributed by atoms with Gasteiger partial charge >= 0.3 is 0 Å². The van der Waals surface area contributed by atoms with Crippen LogP contribution in [0.25, 0.3) is 21.9 Å². The highest BCUT2D eigenvalue weighted by molar-refractivity contribution is 5.93. The van der Waals surface area contributed by atoms with Crippen molar-refractivity contribution in [1.29, 1.82) is 0 Å². The van der Waals surface area contributed by atoms with Crippen LogP contribution >= 0.6 is 0 Å². The Morgan fingerprint density at radius 3 is 2.86 bits per heavy atom. The summed E-state index contributed by atoms with van der Waals surface area (Å²) in [6.45, 7) is 5.27. The third-order valence-corrected chi connectivity index (χ3v) is 5.02. The monoisotopic (exact) mass is 390 g/mol. The Hall–Kier alpha value is -3.30. The number of benzene rings is 1. The maximum atomic E-state index is 5.39. The number of fused-ring (bicyclic) bond motifs is 2. The number of rotatable bonds is 6. The largest absolute Gasteiger partial charge is 0.379 e. The van der Waals surface area contributed by atoms with E-state index >= 15 is 0 Å². The van der Waals surface area contributed by atoms with Crippen molar-refractivity contribution in [3.8, 4) is 0 Å². The highest BCUT2D eigenvalue weighted by Gasteiger charge is 2.13. The van der Waals surface area contributed by atoms with Crippen molar-refractivity contribution < 1.29 is 4.74 Å². The molecule has 3 aromatic heterocycles. The lowest BCUT2D eigenvalue weighted by Gasteiger charge is -2.26. The Morgan fingerprint density at radius 2 is 1.93 bits per heavy atom. The van der Waals surface area contributed by atoms with Crippen LogP contribution in [0.1, 0.15) is 0 Å². The number of nitrogens with one attached hydrogen (secondary N) is 3. The molecule has 29 heavy (non-hydrogen) atoms. The number of morpholine rings is 1. The second-order valence-corrected chi connectivity index (χ2v) is 6.89. The molecule has 5 rings (SSSR count). The van der Waals surface area contributed by atoms with Crippen molar-refractivity contribution in [1.82, 2.24) is 29.8 Å². The molecule has 1 aliphatic heterocycles. The van der Waals surface area contributed by atoms with E-state index in [1.165, 1.54) is 6.33 Å². The molecule has 1 aromatic carbocycles. The molecule has 1 fully saturated rings. The summed E-state index contributed by atoms with van der Waals surface area (Å²) in [5.74, 6) is 2.08. The Morgan fingerprint density at radius 1 is 1.03 bits per heavy atom. The molecule has 4 heterocycles. The number of hydrogen-bond donors (Lipinski definition) is 3. The summed E-state index contributed by atoms with van der Waals surface area (Å²) in [5.41, 5.74) is 1.38. The van der Waals surface area contributed by atoms with Crippen LogP contribution in [0, 0.1) is 0 Å². The van der Waals surface area contributed by atoms with Gasteiger partial charge in [0.2, 0.25) is 5.95 Å². The van der Waals surface area contributed by atoms with Gasteiger partial charge in [0.05, 0.1) is 13.2 Å². The van der Waals surface area contributed by atoms with Crippen LogP contribution in [0.3, 0.4) is 0 Å². The third-order valence-electron chi connectivity index (χ3n) is 5.02. The predicted octanol–water partition coefficient (Wildman–Crippen LogP) is 2.39. The molecular weight excluding hydrogens is 368 g/mol. The predicted molar refractivity (Wildman–Crippen MR) is 112 cm³/mol. The zero-order valence-corrected chi connectivity index (χ0v) is 15.9. The van der Waals surface area contributed by atoms with Gasteiger partial charge in [0.25, 0.3) is 0 Å². The molecule has 148 valence electrons. The van der Waals surface area contributed by atoms with Crippen LogP contribution in [0.4, 0.5) is 17.6 Å². The SMILES string of the molecule is c1ccc2c(Nc3nc4ncnc(NCCN5CCOCC5)c4[nH]3)nccc2c1. The summed E-state index contributed by atoms with van der Waals surface area (Å²) in [4.78, 5) is 23.3. The van der Waals surface area contributed by atoms with Crippen molar-refractivity contribution in [2.45, 2.75) is 0 Å². The van der Waals surface area contributed by atoms with E-state index in [0.29, 0.717) is 11.6 Å². The standard InChI is InChI=1S/C20H22N8O/c1-2-4-15-14(3-1)5-6-21-17(15)26-20-25-16-18(23-13-24-19(16)27-20)22-7-8-28-9-11-29-12-10-28/h1-6,13H,7-12H2,(H3,21,22,23,24,25,26,27). The fourth-order valence-electron chi connectivity index (χ4n) is 3.51. The van der Waals surface area contributed by atoms with Crippen LogP contribution in [0.2, 0.25) is 0 Å². The number of pyridine rings is 1. The average Bonchev–Trinajstić information content (AvgIpc) is 3.18. The number of hydrogen-bond acceptors (Lipinski definition) is 8. The number of anilines is 3. The Kier molecular flexibility index (Phi) is 4.89. The Labute approximate surface area is 167 Å². The number of aromatic amines is 1. The lowest BCUT2D eigenvalue weighted by Crippen LogP contribution is -2.39. The van der Waals surface area contributed by atoms with Crippen LogP contribution < -0.4 is 10.6 Å². The van der Waals surface area contributed by atoms with E-state index in [1.807, 2.05) is 24.3 Å². The van der Waals surface area contributed by atoms with Gasteiger partial charge in [-0.15, -0.1) is 0 Å². The first-order valence-corrected chi connectivity index (χ1v) is 9.72. The van der Waals surface area contributed by atoms with Crippen molar-refractivity contribution in [2.24, 2.45) is 0 Å². The number of aromatic nitrogens is 5. The quantitative estimate of drug-likeness (QED) is 0.461. The van der Waals surface area contributed by atoms with Gasteiger partial charge in [0.1, 0.15) is 17.7 Å². The molecular formula is C20H22N8O. The first-order valence-electron chi connectivity index (χ1n) is 9.72. The first-order chi connectivity index (χ1) is 14.4. The van der Waals surface area contributed by atoms with Gasteiger partial charge < -0.3 is 20.4 Å². The van der Waals surface area contributed by atoms with E-state index in [2.05, 4.69) is 46.5 Å². The van der Waals surface area contributed by atoms with Gasteiger partial charge in [-0.05, 0) is 11.5 Å². The molecule has 9 heteroatoms. The molecule has 0 unspecified atom stereocenters. The zero-order valence-electron chi connectivity index (χ0n) is 15.9. The smallest absolute Gasteiger partial charge is 0.208 e. The molecule has 1 saturated heterocycles. The molecule has 0 radical (unpaired) electrons. The van der Waals surface area contributed by atoms with Gasteiger partial charge in [-0.2, -0.15) is 4.98 Å². The number of H-pyrrole nitrogens is 1. The lowest BCUT2D eigenvalue weighted by molar-refractivity contribution is 0.0398. The second-order valence-electron chi connectivity index (χ2n) is 6.89. The highest BCUT2D eigenvalue weighted by atomic mass is 16.5. The summed E-state index contributed by atoms with van der Waals surface area (Å²) in [5, 5.41) is 8.82. The van der Waals surface area contributed by atoms with Crippen molar-refractivity contribution in [3.05, 3.63) is 42.9 Å². The van der Waals surface area contributed by atoms with Crippen molar-refractivity contribution >= 4 is 39.5 Å². The maximum Gasteiger partial charge on any atom is 0.208 e. The van der Waals surface area contributed by atoms with Gasteiger partial charge in [0.15, 0.2) is 11.5 Å². The van der Waals surface area contributed by atoms with Crippen LogP contribution in [-0.2, 0) is 4.74 Å². The highest BCUT2D eigenvalue weighted by Crippen LogP contribution is 2.25. The molecule has 0 saturated carbocycles. The normalized spacial score (nSPS) is 15.0. The fourth-order valence-corrected chi connectivity index (χ4v) is 3.51. The summed E-state index contributed by atoms with van der Waals surface area (Å²) < 4.78 is 5.39. The third kappa shape index (κ3) is 3.82. The van der Waals surface area contributed by atoms with E-state index < -0.39 is 0 Å². The molecule has 0 amide bonds. The van der Waals surface area contributed by atoms with E-state index in [-0.39, 0.29) is 0 Å². The summed E-state index contributed by atoms with van der Waals surface area (Å²) in [6, 6.07) is 10.1. The van der Waals surface area contributed by atoms with Crippen LogP contribution in [0.15, 0.2) is 42.9 Å². The Bertz CT molecular complexity index is 1120. The lowest BCUT2D eigenvalue weighted by atomic mass is 10.1. The van der Waals surface area contributed by atoms with E-state index in [0.717, 1.165) is 67.3 Å². The number of imidazole rings is 1. The molecule has 1 aliphatic rings. The van der Waals surface area contributed by atoms with E-state index in [9.17, 15) is 0 Å². The number of nitrogens with zero attached hydrogens (tertiary/aromatic N) is 5. The van der Waals surface area contributed by atoms with Crippen LogP contribution in [0.5, 0.6) is 0 Å². The van der Waals surface area contributed by atoms with Crippen molar-refractivity contribution in [2.75, 3.05) is 50.0 Å². The van der Waals surface area contributed by atoms with Gasteiger partial charge in [-0.3, -0.25) is 4.90 Å². The molecule has 0 spiro atoms. The fraction of sp³-hybridized carbons (Fsp3) is 0.300. The maximum absolute atomic E-state index is 5.39. The minimum absolute atomic E-state index is 0.584. The molecule has 0 aliphatic carbocycles. The second kappa shape index (κ2) is 7.98. The minimum Gasteiger partial charge on any atom is -0.379 e. The van der Waals surface area contributed by atoms with Gasteiger partial charge in [0, 0.05) is 37.8 Å². The summed E-state index contributed by atoms with van der Waals surface area (Å²) >= 11 is 0. The van der Waals surface area contributed by atoms with Gasteiger partial charge in [-0.1, -0.05) is 24.3 Å². The molecule has 0 bridgehead atoms. The van der Waals surface area contributed by atoms with Gasteiger partial charge in [-0.25, -0.2) is 15.0 Å². The first kappa shape index (κ1) is 17.8. The summed E-state index contributed by atoms with van der Waals surface area (Å²) in [7, 11) is 0. The van der Waals surface area contributed by atoms with E-state index in [1.54, 1.807) is 6.20 Å². The van der Waals surface area contributed by atoms with Crippen LogP contribution in [-0.4, -0.2) is 69.2 Å². The summed E-state index contributed by atoms with van der Waals surface area (Å²) in [6.07, 6.45) is 3.31. The van der Waals surface area contributed by atoms with Crippen molar-refractivity contribution in [3.63, 3.8) is 0 Å². The molecule has 0 atom stereocenters. The molecule has 4 aromatic rings. The molecule has 3 N–H and O–H groups in total. The number of ether oxygens (including phenoxy) is 1. The Balaban J connectivity index is 1.34. The average molecular weight is 390 g/mol. The zero-order chi connectivity index (χ0) is 19.5. The minimum atomic E-state index is 0.584. The topological polar surface area (TPSA) is 104 Å².